The van der Waals surface area contributed by atoms with E-state index in [4.69, 9.17) is 21.5 Å². The molecule has 178 valence electrons. The Hall–Kier alpha value is -2.95. The Bertz CT molecular complexity index is 1090. The predicted octanol–water partition coefficient (Wildman–Crippen LogP) is 1.64. The molecule has 2 aromatic carbocycles. The van der Waals surface area contributed by atoms with E-state index in [1.54, 1.807) is 38.1 Å². The quantitative estimate of drug-likeness (QED) is 0.427. The molecule has 9 nitrogen and oxygen atoms in total. The molecule has 0 radical (unpaired) electrons. The van der Waals surface area contributed by atoms with Crippen LogP contribution in [0.2, 0.25) is 5.02 Å². The average Bonchev–Trinajstić information content (AvgIpc) is 2.75. The van der Waals surface area contributed by atoms with Crippen LogP contribution in [0.5, 0.6) is 0 Å². The second-order valence-corrected chi connectivity index (χ2v) is 9.60. The molecule has 0 aliphatic carbocycles. The summed E-state index contributed by atoms with van der Waals surface area (Å²) in [6, 6.07) is 11.3. The number of benzene rings is 2. The van der Waals surface area contributed by atoms with Crippen molar-refractivity contribution in [2.45, 2.75) is 31.2 Å². The van der Waals surface area contributed by atoms with Gasteiger partial charge in [0.05, 0.1) is 4.90 Å². The maximum atomic E-state index is 12.4. The lowest BCUT2D eigenvalue weighted by atomic mass is 10.0. The van der Waals surface area contributed by atoms with E-state index in [-0.39, 0.29) is 17.4 Å². The highest BCUT2D eigenvalue weighted by Gasteiger charge is 2.26. The summed E-state index contributed by atoms with van der Waals surface area (Å²) < 4.78 is 27.6. The van der Waals surface area contributed by atoms with Crippen molar-refractivity contribution in [3.63, 3.8) is 0 Å². The number of amides is 2. The molecule has 33 heavy (non-hydrogen) atoms. The zero-order valence-corrected chi connectivity index (χ0v) is 19.8. The molecule has 0 bridgehead atoms. The van der Waals surface area contributed by atoms with Crippen molar-refractivity contribution < 1.29 is 27.5 Å². The van der Waals surface area contributed by atoms with E-state index in [0.29, 0.717) is 17.0 Å². The minimum Gasteiger partial charge on any atom is -0.454 e. The molecule has 0 aliphatic rings. The number of carbonyl (C=O) groups excluding carboxylic acids is 3. The number of ether oxygens (including phenoxy) is 1. The highest BCUT2D eigenvalue weighted by molar-refractivity contribution is 7.89. The SMILES string of the molecule is CC(C)[C@H](NC(=O)c1ccc(Cl)cc1)C(=O)OCC(=O)NCCc1ccc(S(N)(=O)=O)cc1. The van der Waals surface area contributed by atoms with Gasteiger partial charge in [0.25, 0.3) is 11.8 Å². The first kappa shape index (κ1) is 26.3. The van der Waals surface area contributed by atoms with Crippen LogP contribution in [0.4, 0.5) is 0 Å². The summed E-state index contributed by atoms with van der Waals surface area (Å²) in [5.74, 6) is -1.95. The third-order valence-corrected chi connectivity index (χ3v) is 5.83. The summed E-state index contributed by atoms with van der Waals surface area (Å²) >= 11 is 5.82. The van der Waals surface area contributed by atoms with Crippen molar-refractivity contribution in [1.82, 2.24) is 10.6 Å². The summed E-state index contributed by atoms with van der Waals surface area (Å²) in [6.45, 7) is 3.25. The summed E-state index contributed by atoms with van der Waals surface area (Å²) in [6.07, 6.45) is 0.441. The molecule has 0 saturated carbocycles. The summed E-state index contributed by atoms with van der Waals surface area (Å²) in [5.41, 5.74) is 1.14. The van der Waals surface area contributed by atoms with Gasteiger partial charge >= 0.3 is 5.97 Å². The summed E-state index contributed by atoms with van der Waals surface area (Å²) in [5, 5.41) is 10.8. The number of halogens is 1. The third-order valence-electron chi connectivity index (χ3n) is 4.65. The molecular formula is C22H26ClN3O6S. The standard InChI is InChI=1S/C22H26ClN3O6S/c1-14(2)20(26-21(28)16-5-7-17(23)8-6-16)22(29)32-13-19(27)25-12-11-15-3-9-18(10-4-15)33(24,30)31/h3-10,14,20H,11-13H2,1-2H3,(H,25,27)(H,26,28)(H2,24,30,31)/t20-/m0/s1. The number of hydrogen-bond donors (Lipinski definition) is 3. The molecule has 0 unspecified atom stereocenters. The van der Waals surface area contributed by atoms with Crippen LogP contribution < -0.4 is 15.8 Å². The van der Waals surface area contributed by atoms with Gasteiger partial charge in [-0.25, -0.2) is 18.4 Å². The van der Waals surface area contributed by atoms with E-state index >= 15 is 0 Å². The molecular weight excluding hydrogens is 470 g/mol. The molecule has 11 heteroatoms. The molecule has 0 fully saturated rings. The van der Waals surface area contributed by atoms with Crippen molar-refractivity contribution in [1.29, 1.82) is 0 Å². The fourth-order valence-electron chi connectivity index (χ4n) is 2.79. The molecule has 0 spiro atoms. The second kappa shape index (κ2) is 11.8. The minimum atomic E-state index is -3.76. The first-order chi connectivity index (χ1) is 15.5. The van der Waals surface area contributed by atoms with Crippen molar-refractivity contribution in [2.75, 3.05) is 13.2 Å². The molecule has 0 saturated heterocycles. The summed E-state index contributed by atoms with van der Waals surface area (Å²) in [4.78, 5) is 36.8. The highest BCUT2D eigenvalue weighted by atomic mass is 35.5. The molecule has 2 aromatic rings. The highest BCUT2D eigenvalue weighted by Crippen LogP contribution is 2.11. The largest absolute Gasteiger partial charge is 0.454 e. The van der Waals surface area contributed by atoms with Crippen LogP contribution in [0.1, 0.15) is 29.8 Å². The van der Waals surface area contributed by atoms with Gasteiger partial charge in [0.15, 0.2) is 6.61 Å². The molecule has 0 aliphatic heterocycles. The van der Waals surface area contributed by atoms with Gasteiger partial charge in [0.2, 0.25) is 10.0 Å². The maximum Gasteiger partial charge on any atom is 0.329 e. The van der Waals surface area contributed by atoms with E-state index in [2.05, 4.69) is 10.6 Å². The van der Waals surface area contributed by atoms with Crippen molar-refractivity contribution in [3.05, 3.63) is 64.7 Å². The molecule has 2 amide bonds. The van der Waals surface area contributed by atoms with Crippen LogP contribution in [0.25, 0.3) is 0 Å². The summed E-state index contributed by atoms with van der Waals surface area (Å²) in [7, 11) is -3.76. The van der Waals surface area contributed by atoms with Gasteiger partial charge in [-0.3, -0.25) is 9.59 Å². The van der Waals surface area contributed by atoms with Crippen molar-refractivity contribution in [2.24, 2.45) is 11.1 Å². The zero-order valence-electron chi connectivity index (χ0n) is 18.2. The lowest BCUT2D eigenvalue weighted by Crippen LogP contribution is -2.46. The van der Waals surface area contributed by atoms with Gasteiger partial charge in [-0.2, -0.15) is 0 Å². The number of carbonyl (C=O) groups is 3. The van der Waals surface area contributed by atoms with Crippen LogP contribution in [-0.2, 0) is 30.8 Å². The lowest BCUT2D eigenvalue weighted by molar-refractivity contribution is -0.151. The number of esters is 1. The molecule has 0 heterocycles. The predicted molar refractivity (Wildman–Crippen MR) is 123 cm³/mol. The Morgan fingerprint density at radius 2 is 1.64 bits per heavy atom. The zero-order chi connectivity index (χ0) is 24.6. The monoisotopic (exact) mass is 495 g/mol. The van der Waals surface area contributed by atoms with E-state index in [9.17, 15) is 22.8 Å². The van der Waals surface area contributed by atoms with E-state index in [1.807, 2.05) is 0 Å². The number of sulfonamides is 1. The van der Waals surface area contributed by atoms with E-state index < -0.39 is 40.5 Å². The second-order valence-electron chi connectivity index (χ2n) is 7.60. The number of primary sulfonamides is 1. The fraction of sp³-hybridized carbons (Fsp3) is 0.318. The Labute approximate surface area is 197 Å². The van der Waals surface area contributed by atoms with E-state index in [0.717, 1.165) is 5.56 Å². The minimum absolute atomic E-state index is 0.00468. The van der Waals surface area contributed by atoms with Crippen LogP contribution in [0, 0.1) is 5.92 Å². The Kier molecular flexibility index (Phi) is 9.39. The van der Waals surface area contributed by atoms with E-state index in [1.165, 1.54) is 24.3 Å². The fourth-order valence-corrected chi connectivity index (χ4v) is 3.43. The number of nitrogens with two attached hydrogens (primary N) is 1. The normalized spacial score (nSPS) is 12.2. The lowest BCUT2D eigenvalue weighted by Gasteiger charge is -2.20. The van der Waals surface area contributed by atoms with Crippen molar-refractivity contribution >= 4 is 39.4 Å². The van der Waals surface area contributed by atoms with Gasteiger partial charge in [-0.1, -0.05) is 37.6 Å². The molecule has 1 atom stereocenters. The Balaban J connectivity index is 1.80. The maximum absolute atomic E-state index is 12.4. The third kappa shape index (κ3) is 8.49. The van der Waals surface area contributed by atoms with Gasteiger partial charge in [-0.05, 0) is 54.3 Å². The van der Waals surface area contributed by atoms with Gasteiger partial charge < -0.3 is 15.4 Å². The van der Waals surface area contributed by atoms with Crippen LogP contribution >= 0.6 is 11.6 Å². The molecule has 4 N–H and O–H groups in total. The smallest absolute Gasteiger partial charge is 0.329 e. The van der Waals surface area contributed by atoms with Gasteiger partial charge in [0.1, 0.15) is 6.04 Å². The molecule has 0 aromatic heterocycles. The van der Waals surface area contributed by atoms with Crippen LogP contribution in [-0.4, -0.2) is 45.4 Å². The Morgan fingerprint density at radius 3 is 2.18 bits per heavy atom. The average molecular weight is 496 g/mol. The first-order valence-electron chi connectivity index (χ1n) is 10.1. The topological polar surface area (TPSA) is 145 Å². The van der Waals surface area contributed by atoms with Gasteiger partial charge in [-0.15, -0.1) is 0 Å². The number of nitrogens with one attached hydrogen (secondary N) is 2. The van der Waals surface area contributed by atoms with Crippen LogP contribution in [0.3, 0.4) is 0 Å². The molecule has 2 rings (SSSR count). The van der Waals surface area contributed by atoms with Gasteiger partial charge in [0, 0.05) is 17.1 Å². The van der Waals surface area contributed by atoms with Crippen molar-refractivity contribution in [3.8, 4) is 0 Å². The first-order valence-corrected chi connectivity index (χ1v) is 12.0. The number of rotatable bonds is 10. The van der Waals surface area contributed by atoms with Crippen LogP contribution in [0.15, 0.2) is 53.4 Å². The number of hydrogen-bond acceptors (Lipinski definition) is 6. The Morgan fingerprint density at radius 1 is 1.03 bits per heavy atom.